The number of para-hydroxylation sites is 1. The molecule has 1 aromatic rings. The topological polar surface area (TPSA) is 46.4 Å². The molecule has 0 saturated carbocycles. The molecular weight excluding hydrogens is 180 g/mol. The van der Waals surface area contributed by atoms with Crippen molar-refractivity contribution in [3.05, 3.63) is 39.9 Å². The lowest BCUT2D eigenvalue weighted by atomic mass is 10.1. The normalized spacial score (nSPS) is 15.9. The molecule has 1 aromatic carbocycles. The Balaban J connectivity index is 2.42. The molecule has 74 valence electrons. The van der Waals surface area contributed by atoms with Crippen LogP contribution in [0, 0.1) is 10.1 Å². The van der Waals surface area contributed by atoms with Gasteiger partial charge in [-0.3, -0.25) is 0 Å². The molecule has 0 aliphatic carbocycles. The van der Waals surface area contributed by atoms with Gasteiger partial charge in [-0.25, -0.2) is 10.1 Å². The molecule has 0 fully saturated rings. The third-order valence-corrected chi connectivity index (χ3v) is 2.53. The summed E-state index contributed by atoms with van der Waals surface area (Å²) in [4.78, 5) is 10.8. The number of anilines is 1. The maximum Gasteiger partial charge on any atom is 0.165 e. The largest absolute Gasteiger partial charge is 0.234 e. The first-order chi connectivity index (χ1) is 6.79. The molecule has 0 bridgehead atoms. The van der Waals surface area contributed by atoms with Gasteiger partial charge in [0.05, 0.1) is 6.54 Å². The van der Waals surface area contributed by atoms with Gasteiger partial charge in [-0.1, -0.05) is 23.2 Å². The van der Waals surface area contributed by atoms with Gasteiger partial charge in [-0.2, -0.15) is 0 Å². The molecule has 0 amide bonds. The molecule has 0 spiro atoms. The van der Waals surface area contributed by atoms with Gasteiger partial charge in [0.25, 0.3) is 0 Å². The third-order valence-electron chi connectivity index (χ3n) is 2.53. The average molecular weight is 192 g/mol. The van der Waals surface area contributed by atoms with E-state index in [0.29, 0.717) is 6.54 Å². The van der Waals surface area contributed by atoms with Crippen LogP contribution < -0.4 is 5.01 Å². The van der Waals surface area contributed by atoms with Crippen LogP contribution in [-0.2, 0) is 6.42 Å². The Kier molecular flexibility index (Phi) is 2.35. The predicted molar refractivity (Wildman–Crippen MR) is 53.7 cm³/mol. The van der Waals surface area contributed by atoms with E-state index < -0.39 is 0 Å². The minimum atomic E-state index is -0.315. The summed E-state index contributed by atoms with van der Waals surface area (Å²) in [5.74, 6) is 0. The standard InChI is InChI=1S/C10H12N2O2/c13-12(14)11-8-4-3-6-9-5-1-2-7-10(9)11/h1-2,5,7H,3-4,6,8H2. The summed E-state index contributed by atoms with van der Waals surface area (Å²) >= 11 is 0. The Morgan fingerprint density at radius 3 is 2.86 bits per heavy atom. The highest BCUT2D eigenvalue weighted by Gasteiger charge is 2.22. The zero-order valence-electron chi connectivity index (χ0n) is 7.85. The fourth-order valence-electron chi connectivity index (χ4n) is 1.84. The van der Waals surface area contributed by atoms with Crippen LogP contribution in [0.4, 0.5) is 5.69 Å². The summed E-state index contributed by atoms with van der Waals surface area (Å²) in [5.41, 5.74) is 1.84. The van der Waals surface area contributed by atoms with Crippen molar-refractivity contribution in [2.24, 2.45) is 0 Å². The van der Waals surface area contributed by atoms with E-state index in [2.05, 4.69) is 0 Å². The van der Waals surface area contributed by atoms with Gasteiger partial charge in [0.1, 0.15) is 5.69 Å². The highest BCUT2D eigenvalue weighted by molar-refractivity contribution is 5.52. The van der Waals surface area contributed by atoms with Crippen LogP contribution in [-0.4, -0.2) is 11.6 Å². The minimum Gasteiger partial charge on any atom is -0.234 e. The molecular formula is C10H12N2O2. The Morgan fingerprint density at radius 2 is 2.07 bits per heavy atom. The number of fused-ring (bicyclic) bond motifs is 1. The molecule has 2 rings (SSSR count). The number of aryl methyl sites for hydroxylation is 1. The van der Waals surface area contributed by atoms with E-state index >= 15 is 0 Å². The number of hydrogen-bond donors (Lipinski definition) is 0. The van der Waals surface area contributed by atoms with Crippen LogP contribution in [0.25, 0.3) is 0 Å². The first-order valence-corrected chi connectivity index (χ1v) is 4.79. The number of hydrogen-bond acceptors (Lipinski definition) is 2. The Morgan fingerprint density at radius 1 is 1.29 bits per heavy atom. The summed E-state index contributed by atoms with van der Waals surface area (Å²) in [6.45, 7) is 0.518. The first-order valence-electron chi connectivity index (χ1n) is 4.79. The van der Waals surface area contributed by atoms with E-state index in [4.69, 9.17) is 0 Å². The van der Waals surface area contributed by atoms with Crippen LogP contribution in [0.2, 0.25) is 0 Å². The maximum atomic E-state index is 10.8. The Hall–Kier alpha value is -1.58. The van der Waals surface area contributed by atoms with Gasteiger partial charge < -0.3 is 0 Å². The van der Waals surface area contributed by atoms with Gasteiger partial charge in [-0.15, -0.1) is 0 Å². The molecule has 0 unspecified atom stereocenters. The van der Waals surface area contributed by atoms with E-state index in [0.717, 1.165) is 30.5 Å². The zero-order valence-corrected chi connectivity index (χ0v) is 7.85. The minimum absolute atomic E-state index is 0.315. The van der Waals surface area contributed by atoms with Crippen LogP contribution >= 0.6 is 0 Å². The van der Waals surface area contributed by atoms with Crippen molar-refractivity contribution in [2.45, 2.75) is 19.3 Å². The van der Waals surface area contributed by atoms with Crippen molar-refractivity contribution in [1.29, 1.82) is 0 Å². The van der Waals surface area contributed by atoms with Gasteiger partial charge in [0, 0.05) is 0 Å². The van der Waals surface area contributed by atoms with Gasteiger partial charge in [-0.05, 0) is 30.9 Å². The average Bonchev–Trinajstić information content (AvgIpc) is 2.39. The molecule has 4 nitrogen and oxygen atoms in total. The van der Waals surface area contributed by atoms with E-state index in [9.17, 15) is 10.1 Å². The fraction of sp³-hybridized carbons (Fsp3) is 0.400. The second-order valence-electron chi connectivity index (χ2n) is 3.45. The molecule has 0 N–H and O–H groups in total. The highest BCUT2D eigenvalue weighted by Crippen LogP contribution is 2.25. The second-order valence-corrected chi connectivity index (χ2v) is 3.45. The number of nitrogens with zero attached hydrogens (tertiary/aromatic N) is 2. The van der Waals surface area contributed by atoms with E-state index in [1.165, 1.54) is 5.01 Å². The summed E-state index contributed by atoms with van der Waals surface area (Å²) in [7, 11) is 0. The maximum absolute atomic E-state index is 10.8. The summed E-state index contributed by atoms with van der Waals surface area (Å²) < 4.78 is 0. The Bertz CT molecular complexity index is 352. The van der Waals surface area contributed by atoms with Gasteiger partial charge >= 0.3 is 0 Å². The van der Waals surface area contributed by atoms with Crippen molar-refractivity contribution in [3.8, 4) is 0 Å². The molecule has 0 aromatic heterocycles. The molecule has 1 heterocycles. The molecule has 4 heteroatoms. The molecule has 1 aliphatic rings. The second kappa shape index (κ2) is 3.65. The van der Waals surface area contributed by atoms with Crippen LogP contribution in [0.5, 0.6) is 0 Å². The van der Waals surface area contributed by atoms with Crippen molar-refractivity contribution >= 4 is 5.69 Å². The lowest BCUT2D eigenvalue weighted by Crippen LogP contribution is -2.30. The first kappa shape index (κ1) is 8.99. The molecule has 14 heavy (non-hydrogen) atoms. The van der Waals surface area contributed by atoms with E-state index in [1.54, 1.807) is 0 Å². The van der Waals surface area contributed by atoms with Gasteiger partial charge in [0.15, 0.2) is 5.03 Å². The van der Waals surface area contributed by atoms with Crippen molar-refractivity contribution < 1.29 is 5.03 Å². The summed E-state index contributed by atoms with van der Waals surface area (Å²) in [5, 5.41) is 11.7. The summed E-state index contributed by atoms with van der Waals surface area (Å²) in [6.07, 6.45) is 2.86. The number of benzene rings is 1. The van der Waals surface area contributed by atoms with Crippen LogP contribution in [0.15, 0.2) is 24.3 Å². The van der Waals surface area contributed by atoms with Gasteiger partial charge in [0.2, 0.25) is 0 Å². The monoisotopic (exact) mass is 192 g/mol. The van der Waals surface area contributed by atoms with Crippen LogP contribution in [0.1, 0.15) is 18.4 Å². The van der Waals surface area contributed by atoms with Crippen molar-refractivity contribution in [1.82, 2.24) is 0 Å². The Labute approximate surface area is 82.3 Å². The molecule has 0 radical (unpaired) electrons. The number of rotatable bonds is 1. The third kappa shape index (κ3) is 1.55. The summed E-state index contributed by atoms with van der Waals surface area (Å²) in [6, 6.07) is 7.57. The highest BCUT2D eigenvalue weighted by atomic mass is 16.7. The fourth-order valence-corrected chi connectivity index (χ4v) is 1.84. The number of hydrazine groups is 1. The molecule has 0 atom stereocenters. The lowest BCUT2D eigenvalue weighted by Gasteiger charge is -2.13. The lowest BCUT2D eigenvalue weighted by molar-refractivity contribution is -0.494. The van der Waals surface area contributed by atoms with E-state index in [-0.39, 0.29) is 5.03 Å². The number of nitro groups is 1. The predicted octanol–water partition coefficient (Wildman–Crippen LogP) is 2.02. The quantitative estimate of drug-likeness (QED) is 0.505. The van der Waals surface area contributed by atoms with Crippen LogP contribution in [0.3, 0.4) is 0 Å². The zero-order chi connectivity index (χ0) is 9.97. The SMILES string of the molecule is O=[N+]([O-])N1CCCCc2ccccc21. The molecule has 1 aliphatic heterocycles. The molecule has 0 saturated heterocycles. The van der Waals surface area contributed by atoms with Crippen molar-refractivity contribution in [3.63, 3.8) is 0 Å². The van der Waals surface area contributed by atoms with E-state index in [1.807, 2.05) is 24.3 Å². The van der Waals surface area contributed by atoms with Crippen molar-refractivity contribution in [2.75, 3.05) is 11.6 Å². The smallest absolute Gasteiger partial charge is 0.165 e.